The number of nitrogens with zero attached hydrogens (tertiary/aromatic N) is 5. The zero-order valence-electron chi connectivity index (χ0n) is 12.2. The second kappa shape index (κ2) is 5.40. The molecule has 0 aliphatic rings. The average molecular weight is 314 g/mol. The lowest BCUT2D eigenvalue weighted by molar-refractivity contribution is 0.0995. The molecule has 2 amide bonds. The van der Waals surface area contributed by atoms with E-state index in [0.29, 0.717) is 12.2 Å². The molecule has 0 bridgehead atoms. The van der Waals surface area contributed by atoms with E-state index in [1.807, 2.05) is 6.92 Å². The fourth-order valence-electron chi connectivity index (χ4n) is 2.09. The van der Waals surface area contributed by atoms with Crippen molar-refractivity contribution in [3.05, 3.63) is 35.9 Å². The molecule has 0 saturated heterocycles. The van der Waals surface area contributed by atoms with E-state index in [2.05, 4.69) is 20.5 Å². The van der Waals surface area contributed by atoms with E-state index in [1.165, 1.54) is 21.6 Å². The van der Waals surface area contributed by atoms with Gasteiger partial charge in [0.1, 0.15) is 11.4 Å². The van der Waals surface area contributed by atoms with Crippen molar-refractivity contribution in [2.45, 2.75) is 13.5 Å². The van der Waals surface area contributed by atoms with Crippen molar-refractivity contribution in [1.29, 1.82) is 0 Å². The minimum Gasteiger partial charge on any atom is -0.384 e. The molecule has 0 radical (unpaired) electrons. The first kappa shape index (κ1) is 14.5. The van der Waals surface area contributed by atoms with Crippen LogP contribution >= 0.6 is 0 Å². The molecule has 3 heterocycles. The number of nitrogens with one attached hydrogen (secondary N) is 1. The molecule has 10 heteroatoms. The van der Waals surface area contributed by atoms with Gasteiger partial charge in [-0.05, 0) is 13.0 Å². The van der Waals surface area contributed by atoms with Crippen molar-refractivity contribution in [3.63, 3.8) is 0 Å². The minimum atomic E-state index is -0.727. The van der Waals surface area contributed by atoms with Gasteiger partial charge in [0.05, 0.1) is 11.9 Å². The summed E-state index contributed by atoms with van der Waals surface area (Å²) in [5, 5.41) is 10.6. The van der Waals surface area contributed by atoms with Gasteiger partial charge in [-0.2, -0.15) is 10.2 Å². The second-order valence-electron chi connectivity index (χ2n) is 4.74. The predicted molar refractivity (Wildman–Crippen MR) is 81.8 cm³/mol. The molecule has 3 rings (SSSR count). The first-order valence-electron chi connectivity index (χ1n) is 6.78. The van der Waals surface area contributed by atoms with Gasteiger partial charge in [0.2, 0.25) is 0 Å². The van der Waals surface area contributed by atoms with Crippen LogP contribution in [0.4, 0.5) is 11.5 Å². The van der Waals surface area contributed by atoms with Gasteiger partial charge in [-0.1, -0.05) is 0 Å². The van der Waals surface area contributed by atoms with Crippen LogP contribution in [0.5, 0.6) is 0 Å². The largest absolute Gasteiger partial charge is 0.384 e. The number of anilines is 2. The number of nitrogen functional groups attached to an aromatic ring is 1. The number of amides is 2. The van der Waals surface area contributed by atoms with E-state index < -0.39 is 11.8 Å². The first-order valence-corrected chi connectivity index (χ1v) is 6.78. The highest BCUT2D eigenvalue weighted by molar-refractivity contribution is 6.10. The molecular weight excluding hydrogens is 300 g/mol. The van der Waals surface area contributed by atoms with Crippen LogP contribution < -0.4 is 16.8 Å². The number of carbonyl (C=O) groups is 2. The van der Waals surface area contributed by atoms with Crippen LogP contribution in [0.2, 0.25) is 0 Å². The van der Waals surface area contributed by atoms with Crippen LogP contribution in [0.25, 0.3) is 5.65 Å². The Morgan fingerprint density at radius 3 is 2.87 bits per heavy atom. The van der Waals surface area contributed by atoms with Gasteiger partial charge in [0.25, 0.3) is 11.8 Å². The van der Waals surface area contributed by atoms with Crippen molar-refractivity contribution in [2.24, 2.45) is 5.73 Å². The quantitative estimate of drug-likeness (QED) is 0.611. The van der Waals surface area contributed by atoms with Crippen molar-refractivity contribution in [3.8, 4) is 0 Å². The summed E-state index contributed by atoms with van der Waals surface area (Å²) >= 11 is 0. The van der Waals surface area contributed by atoms with Crippen LogP contribution in [0.1, 0.15) is 27.8 Å². The maximum atomic E-state index is 12.4. The predicted octanol–water partition coefficient (Wildman–Crippen LogP) is -0.121. The molecule has 3 aromatic heterocycles. The lowest BCUT2D eigenvalue weighted by Gasteiger charge is -2.02. The van der Waals surface area contributed by atoms with Crippen molar-refractivity contribution >= 4 is 29.0 Å². The molecule has 0 fully saturated rings. The molecule has 23 heavy (non-hydrogen) atoms. The zero-order valence-corrected chi connectivity index (χ0v) is 12.2. The minimum absolute atomic E-state index is 0.0100. The lowest BCUT2D eigenvalue weighted by Crippen LogP contribution is -2.18. The number of primary amides is 1. The highest BCUT2D eigenvalue weighted by atomic mass is 16.2. The summed E-state index contributed by atoms with van der Waals surface area (Å²) in [7, 11) is 0. The van der Waals surface area contributed by atoms with Gasteiger partial charge in [-0.3, -0.25) is 14.3 Å². The van der Waals surface area contributed by atoms with Crippen LogP contribution in [0.15, 0.2) is 24.7 Å². The standard InChI is InChI=1S/C13H14N8O2/c1-2-20-6-8(10(19-20)11(15)22)17-13(23)7-5-16-21-4-3-9(14)18-12(7)21/h3-6H,2H2,1H3,(H2,14,18)(H2,15,22)(H,17,23). The van der Waals surface area contributed by atoms with Gasteiger partial charge >= 0.3 is 0 Å². The van der Waals surface area contributed by atoms with Crippen LogP contribution in [0, 0.1) is 0 Å². The zero-order chi connectivity index (χ0) is 16.6. The van der Waals surface area contributed by atoms with Gasteiger partial charge < -0.3 is 16.8 Å². The number of aromatic nitrogens is 5. The number of carbonyl (C=O) groups excluding carboxylic acids is 2. The molecule has 0 aromatic carbocycles. The third-order valence-electron chi connectivity index (χ3n) is 3.20. The fourth-order valence-corrected chi connectivity index (χ4v) is 2.09. The molecule has 118 valence electrons. The molecule has 0 aliphatic heterocycles. The van der Waals surface area contributed by atoms with Crippen LogP contribution in [0.3, 0.4) is 0 Å². The average Bonchev–Trinajstić information content (AvgIpc) is 3.10. The lowest BCUT2D eigenvalue weighted by atomic mass is 10.3. The van der Waals surface area contributed by atoms with Crippen molar-refractivity contribution in [1.82, 2.24) is 24.4 Å². The van der Waals surface area contributed by atoms with E-state index in [-0.39, 0.29) is 22.8 Å². The highest BCUT2D eigenvalue weighted by Crippen LogP contribution is 2.17. The smallest absolute Gasteiger partial charge is 0.271 e. The Labute approximate surface area is 130 Å². The number of fused-ring (bicyclic) bond motifs is 1. The molecular formula is C13H14N8O2. The summed E-state index contributed by atoms with van der Waals surface area (Å²) in [5.41, 5.74) is 11.7. The second-order valence-corrected chi connectivity index (χ2v) is 4.74. The van der Waals surface area contributed by atoms with E-state index in [4.69, 9.17) is 11.5 Å². The summed E-state index contributed by atoms with van der Waals surface area (Å²) < 4.78 is 2.93. The molecule has 0 saturated carbocycles. The normalized spacial score (nSPS) is 10.8. The molecule has 5 N–H and O–H groups in total. The van der Waals surface area contributed by atoms with E-state index in [1.54, 1.807) is 12.3 Å². The van der Waals surface area contributed by atoms with Crippen LogP contribution in [-0.4, -0.2) is 36.2 Å². The summed E-state index contributed by atoms with van der Waals surface area (Å²) in [5.74, 6) is -0.949. The number of aryl methyl sites for hydroxylation is 1. The van der Waals surface area contributed by atoms with Crippen LogP contribution in [-0.2, 0) is 6.54 Å². The fraction of sp³-hybridized carbons (Fsp3) is 0.154. The SMILES string of the molecule is CCn1cc(NC(=O)c2cnn3ccc(N)nc23)c(C(N)=O)n1. The van der Waals surface area contributed by atoms with Gasteiger partial charge in [-0.15, -0.1) is 0 Å². The Balaban J connectivity index is 1.96. The van der Waals surface area contributed by atoms with Crippen molar-refractivity contribution in [2.75, 3.05) is 11.1 Å². The third kappa shape index (κ3) is 2.57. The number of hydrogen-bond donors (Lipinski definition) is 3. The molecule has 3 aromatic rings. The third-order valence-corrected chi connectivity index (χ3v) is 3.20. The van der Waals surface area contributed by atoms with Gasteiger partial charge in [0, 0.05) is 18.9 Å². The Bertz CT molecular complexity index is 910. The van der Waals surface area contributed by atoms with Crippen molar-refractivity contribution < 1.29 is 9.59 Å². The molecule has 0 atom stereocenters. The maximum absolute atomic E-state index is 12.4. The van der Waals surface area contributed by atoms with E-state index in [9.17, 15) is 9.59 Å². The van der Waals surface area contributed by atoms with E-state index in [0.717, 1.165) is 0 Å². The Morgan fingerprint density at radius 1 is 1.39 bits per heavy atom. The molecule has 0 spiro atoms. The Morgan fingerprint density at radius 2 is 2.17 bits per heavy atom. The summed E-state index contributed by atoms with van der Waals surface area (Å²) in [6.07, 6.45) is 4.50. The monoisotopic (exact) mass is 314 g/mol. The highest BCUT2D eigenvalue weighted by Gasteiger charge is 2.19. The molecule has 0 aliphatic carbocycles. The summed E-state index contributed by atoms with van der Waals surface area (Å²) in [6.45, 7) is 2.38. The number of rotatable bonds is 4. The Kier molecular flexibility index (Phi) is 3.41. The number of nitrogens with two attached hydrogens (primary N) is 2. The summed E-state index contributed by atoms with van der Waals surface area (Å²) in [6, 6.07) is 1.57. The van der Waals surface area contributed by atoms with Gasteiger partial charge in [0.15, 0.2) is 11.3 Å². The maximum Gasteiger partial charge on any atom is 0.271 e. The number of hydrogen-bond acceptors (Lipinski definition) is 6. The summed E-state index contributed by atoms with van der Waals surface area (Å²) in [4.78, 5) is 27.9. The molecule has 10 nitrogen and oxygen atoms in total. The first-order chi connectivity index (χ1) is 11.0. The van der Waals surface area contributed by atoms with Gasteiger partial charge in [-0.25, -0.2) is 9.50 Å². The topological polar surface area (TPSA) is 146 Å². The Hall–Kier alpha value is -3.43. The van der Waals surface area contributed by atoms with E-state index >= 15 is 0 Å². The molecule has 0 unspecified atom stereocenters.